The summed E-state index contributed by atoms with van der Waals surface area (Å²) in [6, 6.07) is 37.5. The fourth-order valence-electron chi connectivity index (χ4n) is 6.00. The number of fused-ring (bicyclic) bond motifs is 4. The Kier molecular flexibility index (Phi) is 8.94. The zero-order valence-corrected chi connectivity index (χ0v) is 29.8. The molecule has 2 aliphatic heterocycles. The third kappa shape index (κ3) is 6.28. The topological polar surface area (TPSA) is 44.2 Å². The van der Waals surface area contributed by atoms with Gasteiger partial charge in [0, 0.05) is 43.7 Å². The molecule has 47 heavy (non-hydrogen) atoms. The van der Waals surface area contributed by atoms with Crippen LogP contribution in [0.15, 0.2) is 103 Å². The Hall–Kier alpha value is -4.51. The SMILES string of the molecule is CC(C)(C)c1ccnc(-c2[c-]ccc3c2Oc2cccc4c2B3c2ccccc2O4)c1.Cc1c[c-]c(-c2cc(C)c(C)cn2)cc1.[Ir]. The molecule has 2 aromatic heterocycles. The largest absolute Gasteiger partial charge is 0.503 e. The predicted molar refractivity (Wildman–Crippen MR) is 188 cm³/mol. The van der Waals surface area contributed by atoms with E-state index in [1.165, 1.54) is 22.3 Å². The standard InChI is InChI=1S/C27H21BNO2.C14H14N.Ir/c1-27(2,3)17-14-15-29-21(16-17)18-8-6-10-20-26(18)31-24-13-7-12-23-25(24)28(20)19-9-4-5-11-22(19)30-23;1-10-4-6-13(7-5-10)14-8-11(2)12(3)9-15-14;/h4-7,9-16H,1-3H3;4-6,8-9H,1-3H3;/q2*-1;. The van der Waals surface area contributed by atoms with Gasteiger partial charge in [0.05, 0.1) is 0 Å². The molecule has 4 aromatic carbocycles. The van der Waals surface area contributed by atoms with Crippen LogP contribution >= 0.6 is 0 Å². The van der Waals surface area contributed by atoms with Gasteiger partial charge in [-0.3, -0.25) is 0 Å². The molecule has 0 bridgehead atoms. The fourth-order valence-corrected chi connectivity index (χ4v) is 6.00. The Morgan fingerprint density at radius 1 is 0.702 bits per heavy atom. The van der Waals surface area contributed by atoms with Crippen molar-refractivity contribution in [2.45, 2.75) is 47.0 Å². The van der Waals surface area contributed by atoms with E-state index < -0.39 is 0 Å². The number of hydrogen-bond acceptors (Lipinski definition) is 4. The molecule has 1 radical (unpaired) electrons. The Labute approximate surface area is 291 Å². The average Bonchev–Trinajstić information content (AvgIpc) is 3.06. The monoisotopic (exact) mass is 791 g/mol. The van der Waals surface area contributed by atoms with Gasteiger partial charge in [0.25, 0.3) is 0 Å². The van der Waals surface area contributed by atoms with Crippen LogP contribution in [0, 0.1) is 32.9 Å². The number of rotatable bonds is 2. The van der Waals surface area contributed by atoms with Crippen LogP contribution in [-0.2, 0) is 25.5 Å². The Morgan fingerprint density at radius 3 is 2.21 bits per heavy atom. The van der Waals surface area contributed by atoms with E-state index in [1.54, 1.807) is 0 Å². The van der Waals surface area contributed by atoms with Gasteiger partial charge < -0.3 is 19.4 Å². The molecule has 0 amide bonds. The van der Waals surface area contributed by atoms with Crippen LogP contribution < -0.4 is 25.9 Å². The van der Waals surface area contributed by atoms with Gasteiger partial charge in [0.15, 0.2) is 0 Å². The van der Waals surface area contributed by atoms with E-state index in [9.17, 15) is 0 Å². The molecule has 0 saturated heterocycles. The summed E-state index contributed by atoms with van der Waals surface area (Å²) in [5, 5.41) is 0. The second-order valence-corrected chi connectivity index (χ2v) is 13.1. The first kappa shape index (κ1) is 32.4. The normalized spacial score (nSPS) is 12.2. The van der Waals surface area contributed by atoms with Crippen molar-refractivity contribution < 1.29 is 29.6 Å². The second-order valence-electron chi connectivity index (χ2n) is 13.1. The molecule has 4 nitrogen and oxygen atoms in total. The number of benzene rings is 4. The first-order chi connectivity index (χ1) is 22.2. The molecule has 0 unspecified atom stereocenters. The first-order valence-electron chi connectivity index (χ1n) is 15.7. The molecule has 6 heteroatoms. The summed E-state index contributed by atoms with van der Waals surface area (Å²) < 4.78 is 12.7. The summed E-state index contributed by atoms with van der Waals surface area (Å²) in [4.78, 5) is 9.09. The first-order valence-corrected chi connectivity index (χ1v) is 15.7. The maximum absolute atomic E-state index is 6.50. The van der Waals surface area contributed by atoms with E-state index in [2.05, 4.69) is 112 Å². The van der Waals surface area contributed by atoms with Crippen molar-refractivity contribution >= 4 is 23.1 Å². The van der Waals surface area contributed by atoms with Crippen LogP contribution in [0.25, 0.3) is 22.5 Å². The van der Waals surface area contributed by atoms with Crippen LogP contribution in [0.3, 0.4) is 0 Å². The Balaban J connectivity index is 0.000000204. The van der Waals surface area contributed by atoms with E-state index >= 15 is 0 Å². The van der Waals surface area contributed by atoms with Crippen molar-refractivity contribution in [2.75, 3.05) is 0 Å². The van der Waals surface area contributed by atoms with Crippen LogP contribution in [0.1, 0.15) is 43.0 Å². The summed E-state index contributed by atoms with van der Waals surface area (Å²) in [7, 11) is 0. The molecule has 0 atom stereocenters. The molecule has 0 fully saturated rings. The van der Waals surface area contributed by atoms with Crippen molar-refractivity contribution in [2.24, 2.45) is 0 Å². The average molecular weight is 791 g/mol. The van der Waals surface area contributed by atoms with Gasteiger partial charge in [-0.1, -0.05) is 75.2 Å². The van der Waals surface area contributed by atoms with Gasteiger partial charge in [-0.25, -0.2) is 0 Å². The summed E-state index contributed by atoms with van der Waals surface area (Å²) in [6.07, 6.45) is 3.79. The number of ether oxygens (including phenoxy) is 2. The third-order valence-electron chi connectivity index (χ3n) is 8.77. The third-order valence-corrected chi connectivity index (χ3v) is 8.77. The van der Waals surface area contributed by atoms with E-state index in [1.807, 2.05) is 54.9 Å². The molecule has 0 saturated carbocycles. The van der Waals surface area contributed by atoms with E-state index in [-0.39, 0.29) is 32.2 Å². The van der Waals surface area contributed by atoms with Gasteiger partial charge in [-0.2, -0.15) is 0 Å². The van der Waals surface area contributed by atoms with E-state index in [0.29, 0.717) is 0 Å². The number of nitrogens with zero attached hydrogens (tertiary/aromatic N) is 2. The van der Waals surface area contributed by atoms with Crippen LogP contribution in [0.4, 0.5) is 0 Å². The molecule has 235 valence electrons. The minimum Gasteiger partial charge on any atom is -0.503 e. The van der Waals surface area contributed by atoms with Crippen molar-refractivity contribution in [3.05, 3.63) is 138 Å². The Morgan fingerprint density at radius 2 is 1.47 bits per heavy atom. The number of hydrogen-bond donors (Lipinski definition) is 0. The van der Waals surface area contributed by atoms with Crippen molar-refractivity contribution in [1.82, 2.24) is 9.97 Å². The minimum absolute atomic E-state index is 0. The number of aromatic nitrogens is 2. The van der Waals surface area contributed by atoms with Gasteiger partial charge in [-0.05, 0) is 71.5 Å². The van der Waals surface area contributed by atoms with E-state index in [4.69, 9.17) is 9.47 Å². The zero-order valence-electron chi connectivity index (χ0n) is 27.4. The molecular formula is C41H35BIrN2O2-2. The summed E-state index contributed by atoms with van der Waals surface area (Å²) in [5.41, 5.74) is 12.2. The van der Waals surface area contributed by atoms with Crippen molar-refractivity contribution in [3.8, 4) is 45.5 Å². The van der Waals surface area contributed by atoms with E-state index in [0.717, 1.165) is 61.9 Å². The summed E-state index contributed by atoms with van der Waals surface area (Å²) >= 11 is 0. The van der Waals surface area contributed by atoms with Gasteiger partial charge >= 0.3 is 0 Å². The molecule has 6 aromatic rings. The number of pyridine rings is 2. The molecular weight excluding hydrogens is 755 g/mol. The molecule has 8 rings (SSSR count). The second kappa shape index (κ2) is 12.9. The molecule has 0 spiro atoms. The number of para-hydroxylation sites is 1. The minimum atomic E-state index is 0. The Bertz CT molecular complexity index is 2090. The maximum Gasteiger partial charge on any atom is 0.241 e. The predicted octanol–water partition coefficient (Wildman–Crippen LogP) is 8.05. The van der Waals surface area contributed by atoms with Crippen LogP contribution in [-0.4, -0.2) is 16.7 Å². The zero-order chi connectivity index (χ0) is 32.0. The summed E-state index contributed by atoms with van der Waals surface area (Å²) in [5.74, 6) is 3.41. The van der Waals surface area contributed by atoms with Gasteiger partial charge in [-0.15, -0.1) is 59.1 Å². The van der Waals surface area contributed by atoms with Crippen molar-refractivity contribution in [1.29, 1.82) is 0 Å². The summed E-state index contributed by atoms with van der Waals surface area (Å²) in [6.45, 7) is 12.9. The quantitative estimate of drug-likeness (QED) is 0.132. The van der Waals surface area contributed by atoms with Crippen molar-refractivity contribution in [3.63, 3.8) is 0 Å². The smallest absolute Gasteiger partial charge is 0.241 e. The van der Waals surface area contributed by atoms with Crippen LogP contribution in [0.5, 0.6) is 23.0 Å². The molecule has 4 heterocycles. The maximum atomic E-state index is 6.50. The molecule has 2 aliphatic rings. The van der Waals surface area contributed by atoms with Crippen LogP contribution in [0.2, 0.25) is 0 Å². The number of aryl methyl sites for hydroxylation is 3. The van der Waals surface area contributed by atoms with Gasteiger partial charge in [0.1, 0.15) is 17.2 Å². The van der Waals surface area contributed by atoms with Gasteiger partial charge in [0.2, 0.25) is 6.71 Å². The molecule has 0 N–H and O–H groups in total. The fraction of sp³-hybridized carbons (Fsp3) is 0.171. The molecule has 0 aliphatic carbocycles.